The molecule has 0 aliphatic rings. The van der Waals surface area contributed by atoms with Gasteiger partial charge in [-0.25, -0.2) is 0 Å². The molecule has 0 atom stereocenters. The molecule has 5 nitrogen and oxygen atoms in total. The van der Waals surface area contributed by atoms with Gasteiger partial charge in [0.05, 0.1) is 0 Å². The number of carboxylic acid groups (broad SMARTS) is 1. The minimum Gasteiger partial charge on any atom is -0.489 e. The number of hydrogen-bond donors (Lipinski definition) is 1. The zero-order chi connectivity index (χ0) is 18.2. The molecule has 2 rings (SSSR count). The number of rotatable bonds is 8. The minimum atomic E-state index is -1.01. The van der Waals surface area contributed by atoms with Crippen LogP contribution >= 0.6 is 0 Å². The number of carbonyl (C=O) groups is 2. The van der Waals surface area contributed by atoms with Crippen molar-refractivity contribution < 1.29 is 19.4 Å². The Morgan fingerprint density at radius 3 is 2.24 bits per heavy atom. The van der Waals surface area contributed by atoms with Crippen LogP contribution in [0.1, 0.15) is 29.8 Å². The third kappa shape index (κ3) is 5.95. The highest BCUT2D eigenvalue weighted by atomic mass is 16.5. The number of amides is 1. The molecular weight excluding hydrogens is 318 g/mol. The lowest BCUT2D eigenvalue weighted by molar-refractivity contribution is -0.137. The molecule has 0 saturated heterocycles. The molecular formula is C20H23NO4. The molecule has 0 spiro atoms. The quantitative estimate of drug-likeness (QED) is 0.798. The number of carboxylic acids is 1. The van der Waals surface area contributed by atoms with Crippen LogP contribution in [0.2, 0.25) is 0 Å². The van der Waals surface area contributed by atoms with Crippen LogP contribution < -0.4 is 4.74 Å². The number of nitrogens with zero attached hydrogens (tertiary/aromatic N) is 1. The fourth-order valence-electron chi connectivity index (χ4n) is 2.43. The van der Waals surface area contributed by atoms with Gasteiger partial charge in [-0.1, -0.05) is 44.2 Å². The smallest absolute Gasteiger partial charge is 0.323 e. The zero-order valence-electron chi connectivity index (χ0n) is 14.5. The third-order valence-electron chi connectivity index (χ3n) is 3.55. The van der Waals surface area contributed by atoms with Gasteiger partial charge in [0.1, 0.15) is 18.9 Å². The summed E-state index contributed by atoms with van der Waals surface area (Å²) in [4.78, 5) is 24.9. The Labute approximate surface area is 147 Å². The number of benzene rings is 2. The Hall–Kier alpha value is -2.82. The third-order valence-corrected chi connectivity index (χ3v) is 3.55. The van der Waals surface area contributed by atoms with Crippen LogP contribution in [0, 0.1) is 5.92 Å². The average molecular weight is 341 g/mol. The normalized spacial score (nSPS) is 10.5. The second-order valence-corrected chi connectivity index (χ2v) is 6.27. The van der Waals surface area contributed by atoms with E-state index in [0.717, 1.165) is 11.3 Å². The first-order chi connectivity index (χ1) is 12.0. The summed E-state index contributed by atoms with van der Waals surface area (Å²) >= 11 is 0. The topological polar surface area (TPSA) is 66.8 Å². The lowest BCUT2D eigenvalue weighted by Crippen LogP contribution is -2.38. The van der Waals surface area contributed by atoms with Gasteiger partial charge in [-0.3, -0.25) is 9.59 Å². The molecule has 1 amide bonds. The second kappa shape index (κ2) is 8.87. The predicted molar refractivity (Wildman–Crippen MR) is 95.6 cm³/mol. The Bertz CT molecular complexity index is 695. The van der Waals surface area contributed by atoms with Crippen molar-refractivity contribution in [2.24, 2.45) is 5.92 Å². The Morgan fingerprint density at radius 1 is 1.04 bits per heavy atom. The summed E-state index contributed by atoms with van der Waals surface area (Å²) in [5.41, 5.74) is 1.42. The molecule has 2 aromatic rings. The maximum Gasteiger partial charge on any atom is 0.323 e. The minimum absolute atomic E-state index is 0.196. The van der Waals surface area contributed by atoms with Gasteiger partial charge in [-0.2, -0.15) is 0 Å². The maximum absolute atomic E-state index is 12.5. The van der Waals surface area contributed by atoms with Gasteiger partial charge in [0.25, 0.3) is 5.91 Å². The van der Waals surface area contributed by atoms with Gasteiger partial charge in [-0.15, -0.1) is 0 Å². The monoisotopic (exact) mass is 341 g/mol. The van der Waals surface area contributed by atoms with E-state index in [1.54, 1.807) is 12.1 Å². The first-order valence-electron chi connectivity index (χ1n) is 8.23. The van der Waals surface area contributed by atoms with Crippen molar-refractivity contribution in [3.05, 3.63) is 65.7 Å². The van der Waals surface area contributed by atoms with Crippen LogP contribution in [0.3, 0.4) is 0 Å². The summed E-state index contributed by atoms with van der Waals surface area (Å²) in [5.74, 6) is -0.303. The molecule has 0 bridgehead atoms. The van der Waals surface area contributed by atoms with Crippen LogP contribution in [0.15, 0.2) is 54.6 Å². The first kappa shape index (κ1) is 18.5. The van der Waals surface area contributed by atoms with Crippen molar-refractivity contribution in [2.75, 3.05) is 13.1 Å². The van der Waals surface area contributed by atoms with Gasteiger partial charge < -0.3 is 14.7 Å². The lowest BCUT2D eigenvalue weighted by atomic mass is 10.1. The van der Waals surface area contributed by atoms with E-state index >= 15 is 0 Å². The highest BCUT2D eigenvalue weighted by molar-refractivity contribution is 5.95. The predicted octanol–water partition coefficient (Wildman–Crippen LogP) is 3.45. The number of hydrogen-bond acceptors (Lipinski definition) is 3. The summed E-state index contributed by atoms with van der Waals surface area (Å²) in [7, 11) is 0. The standard InChI is InChI=1S/C20H23NO4/c1-15(2)12-21(13-19(22)23)20(24)17-10-8-16(9-11-17)14-25-18-6-4-3-5-7-18/h3-11,15H,12-14H2,1-2H3,(H,22,23). The van der Waals surface area contributed by atoms with Crippen molar-refractivity contribution in [2.45, 2.75) is 20.5 Å². The fraction of sp³-hybridized carbons (Fsp3) is 0.300. The molecule has 0 fully saturated rings. The van der Waals surface area contributed by atoms with Gasteiger partial charge >= 0.3 is 5.97 Å². The molecule has 0 saturated carbocycles. The number of ether oxygens (including phenoxy) is 1. The van der Waals surface area contributed by atoms with Crippen LogP contribution in [0.5, 0.6) is 5.75 Å². The van der Waals surface area contributed by atoms with Gasteiger partial charge in [0.15, 0.2) is 0 Å². The summed E-state index contributed by atoms with van der Waals surface area (Å²) in [6.07, 6.45) is 0. The van der Waals surface area contributed by atoms with Crippen LogP contribution in [-0.4, -0.2) is 35.0 Å². The maximum atomic E-state index is 12.5. The van der Waals surface area contributed by atoms with Crippen LogP contribution in [-0.2, 0) is 11.4 Å². The molecule has 0 aromatic heterocycles. The molecule has 132 valence electrons. The van der Waals surface area contributed by atoms with E-state index in [4.69, 9.17) is 9.84 Å². The van der Waals surface area contributed by atoms with E-state index in [1.165, 1.54) is 4.90 Å². The van der Waals surface area contributed by atoms with Gasteiger partial charge in [0, 0.05) is 12.1 Å². The molecule has 0 unspecified atom stereocenters. The Kier molecular flexibility index (Phi) is 6.57. The SMILES string of the molecule is CC(C)CN(CC(=O)O)C(=O)c1ccc(COc2ccccc2)cc1. The van der Waals surface area contributed by atoms with E-state index in [1.807, 2.05) is 56.3 Å². The summed E-state index contributed by atoms with van der Waals surface area (Å²) < 4.78 is 5.67. The van der Waals surface area contributed by atoms with E-state index in [2.05, 4.69) is 0 Å². The van der Waals surface area contributed by atoms with Crippen molar-refractivity contribution in [3.8, 4) is 5.75 Å². The van der Waals surface area contributed by atoms with E-state index in [-0.39, 0.29) is 18.4 Å². The van der Waals surface area contributed by atoms with Crippen LogP contribution in [0.25, 0.3) is 0 Å². The fourth-order valence-corrected chi connectivity index (χ4v) is 2.43. The molecule has 5 heteroatoms. The summed E-state index contributed by atoms with van der Waals surface area (Å²) in [6, 6.07) is 16.6. The molecule has 1 N–H and O–H groups in total. The Morgan fingerprint density at radius 2 is 1.68 bits per heavy atom. The summed E-state index contributed by atoms with van der Waals surface area (Å²) in [5, 5.41) is 9.00. The Balaban J connectivity index is 2.01. The van der Waals surface area contributed by atoms with Crippen molar-refractivity contribution >= 4 is 11.9 Å². The molecule has 0 aliphatic carbocycles. The zero-order valence-corrected chi connectivity index (χ0v) is 14.5. The van der Waals surface area contributed by atoms with Crippen molar-refractivity contribution in [1.82, 2.24) is 4.90 Å². The number of carbonyl (C=O) groups excluding carboxylic acids is 1. The number of para-hydroxylation sites is 1. The molecule has 25 heavy (non-hydrogen) atoms. The van der Waals surface area contributed by atoms with E-state index in [0.29, 0.717) is 18.7 Å². The first-order valence-corrected chi connectivity index (χ1v) is 8.23. The van der Waals surface area contributed by atoms with Crippen molar-refractivity contribution in [3.63, 3.8) is 0 Å². The van der Waals surface area contributed by atoms with E-state index in [9.17, 15) is 9.59 Å². The molecule has 2 aromatic carbocycles. The lowest BCUT2D eigenvalue weighted by Gasteiger charge is -2.22. The highest BCUT2D eigenvalue weighted by Crippen LogP contribution is 2.14. The summed E-state index contributed by atoms with van der Waals surface area (Å²) in [6.45, 7) is 4.42. The molecule has 0 aliphatic heterocycles. The van der Waals surface area contributed by atoms with Gasteiger partial charge in [-0.05, 0) is 35.7 Å². The van der Waals surface area contributed by atoms with Gasteiger partial charge in [0.2, 0.25) is 0 Å². The largest absolute Gasteiger partial charge is 0.489 e. The van der Waals surface area contributed by atoms with E-state index < -0.39 is 5.97 Å². The number of aliphatic carboxylic acids is 1. The molecule has 0 heterocycles. The second-order valence-electron chi connectivity index (χ2n) is 6.27. The van der Waals surface area contributed by atoms with Crippen LogP contribution in [0.4, 0.5) is 0 Å². The highest BCUT2D eigenvalue weighted by Gasteiger charge is 2.19. The van der Waals surface area contributed by atoms with Crippen molar-refractivity contribution in [1.29, 1.82) is 0 Å². The molecule has 0 radical (unpaired) electrons. The average Bonchev–Trinajstić information content (AvgIpc) is 2.59.